The Morgan fingerprint density at radius 2 is 0.953 bits per heavy atom. The number of para-hydroxylation sites is 2. The maximum Gasteiger partial charge on any atom is 0.0991 e. The van der Waals surface area contributed by atoms with Crippen LogP contribution in [0.2, 0.25) is 0 Å². The SMILES string of the molecule is Cc1ccc(-c2cc(C#N)ccc2-n2c3ccccc3c3cc(C)ccc32)c(-n2c3ccccc3c3cc(C)ccc32)c1. The molecule has 0 aliphatic carbocycles. The van der Waals surface area contributed by atoms with Crippen molar-refractivity contribution >= 4 is 43.6 Å². The van der Waals surface area contributed by atoms with Crippen molar-refractivity contribution in [1.29, 1.82) is 5.26 Å². The highest BCUT2D eigenvalue weighted by molar-refractivity contribution is 6.11. The van der Waals surface area contributed by atoms with Crippen LogP contribution in [0, 0.1) is 32.1 Å². The van der Waals surface area contributed by atoms with Crippen LogP contribution < -0.4 is 0 Å². The van der Waals surface area contributed by atoms with Gasteiger partial charge in [-0.05, 0) is 87.0 Å². The van der Waals surface area contributed by atoms with E-state index < -0.39 is 0 Å². The second kappa shape index (κ2) is 9.48. The smallest absolute Gasteiger partial charge is 0.0991 e. The van der Waals surface area contributed by atoms with Gasteiger partial charge in [-0.2, -0.15) is 5.26 Å². The van der Waals surface area contributed by atoms with Crippen LogP contribution in [0.25, 0.3) is 66.1 Å². The van der Waals surface area contributed by atoms with Crippen LogP contribution in [0.4, 0.5) is 0 Å². The number of hydrogen-bond acceptors (Lipinski definition) is 1. The van der Waals surface area contributed by atoms with Crippen LogP contribution in [0.1, 0.15) is 22.3 Å². The molecule has 0 N–H and O–H groups in total. The minimum absolute atomic E-state index is 0.639. The molecule has 0 aliphatic rings. The number of aromatic nitrogens is 2. The molecule has 0 fully saturated rings. The summed E-state index contributed by atoms with van der Waals surface area (Å²) in [5.41, 5.74) is 13.2. The van der Waals surface area contributed by atoms with Crippen LogP contribution in [0.5, 0.6) is 0 Å². The molecule has 8 aromatic rings. The highest BCUT2D eigenvalue weighted by atomic mass is 15.0. The molecule has 0 atom stereocenters. The lowest BCUT2D eigenvalue weighted by Gasteiger charge is -2.19. The minimum atomic E-state index is 0.639. The molecule has 0 spiro atoms. The topological polar surface area (TPSA) is 33.6 Å². The van der Waals surface area contributed by atoms with Crippen molar-refractivity contribution < 1.29 is 0 Å². The predicted octanol–water partition coefficient (Wildman–Crippen LogP) is 10.3. The molecule has 0 saturated carbocycles. The molecule has 0 unspecified atom stereocenters. The largest absolute Gasteiger partial charge is 0.309 e. The zero-order valence-electron chi connectivity index (χ0n) is 24.4. The van der Waals surface area contributed by atoms with E-state index in [1.807, 2.05) is 6.07 Å². The van der Waals surface area contributed by atoms with Crippen molar-refractivity contribution in [1.82, 2.24) is 9.13 Å². The van der Waals surface area contributed by atoms with Gasteiger partial charge in [0.1, 0.15) is 0 Å². The number of benzene rings is 6. The Balaban J connectivity index is 1.50. The van der Waals surface area contributed by atoms with Gasteiger partial charge in [-0.15, -0.1) is 0 Å². The fourth-order valence-electron chi connectivity index (χ4n) is 6.76. The highest BCUT2D eigenvalue weighted by Crippen LogP contribution is 2.41. The lowest BCUT2D eigenvalue weighted by atomic mass is 9.97. The Kier molecular flexibility index (Phi) is 5.54. The van der Waals surface area contributed by atoms with E-state index >= 15 is 0 Å². The quantitative estimate of drug-likeness (QED) is 0.215. The number of aryl methyl sites for hydroxylation is 3. The van der Waals surface area contributed by atoms with E-state index in [9.17, 15) is 5.26 Å². The summed E-state index contributed by atoms with van der Waals surface area (Å²) in [5, 5.41) is 15.0. The summed E-state index contributed by atoms with van der Waals surface area (Å²) in [7, 11) is 0. The van der Waals surface area contributed by atoms with E-state index in [4.69, 9.17) is 0 Å². The monoisotopic (exact) mass is 551 g/mol. The number of rotatable bonds is 3. The molecule has 3 nitrogen and oxygen atoms in total. The Labute approximate surface area is 250 Å². The molecule has 0 bridgehead atoms. The molecule has 2 heterocycles. The lowest BCUT2D eigenvalue weighted by Crippen LogP contribution is -2.02. The summed E-state index contributed by atoms with van der Waals surface area (Å²) in [4.78, 5) is 0. The van der Waals surface area contributed by atoms with Crippen LogP contribution in [0.15, 0.2) is 121 Å². The van der Waals surface area contributed by atoms with Crippen molar-refractivity contribution in [2.24, 2.45) is 0 Å². The normalized spacial score (nSPS) is 11.6. The number of fused-ring (bicyclic) bond motifs is 6. The number of nitriles is 1. The predicted molar refractivity (Wildman–Crippen MR) is 179 cm³/mol. The minimum Gasteiger partial charge on any atom is -0.309 e. The Morgan fingerprint density at radius 3 is 1.56 bits per heavy atom. The van der Waals surface area contributed by atoms with Gasteiger partial charge in [0.25, 0.3) is 0 Å². The maximum absolute atomic E-state index is 10.0. The molecule has 0 saturated heterocycles. The van der Waals surface area contributed by atoms with E-state index in [1.165, 1.54) is 49.3 Å². The van der Waals surface area contributed by atoms with E-state index in [0.717, 1.165) is 33.5 Å². The Bertz CT molecular complexity index is 2450. The molecule has 0 aliphatic heterocycles. The van der Waals surface area contributed by atoms with E-state index in [1.54, 1.807) is 0 Å². The van der Waals surface area contributed by atoms with Gasteiger partial charge in [0.15, 0.2) is 0 Å². The van der Waals surface area contributed by atoms with E-state index in [2.05, 4.69) is 151 Å². The zero-order chi connectivity index (χ0) is 29.2. The van der Waals surface area contributed by atoms with Crippen LogP contribution in [-0.2, 0) is 0 Å². The first-order chi connectivity index (χ1) is 21.0. The van der Waals surface area contributed by atoms with Gasteiger partial charge in [-0.3, -0.25) is 0 Å². The third-order valence-electron chi connectivity index (χ3n) is 8.71. The lowest BCUT2D eigenvalue weighted by molar-refractivity contribution is 1.15. The summed E-state index contributed by atoms with van der Waals surface area (Å²) >= 11 is 0. The van der Waals surface area contributed by atoms with Gasteiger partial charge < -0.3 is 9.13 Å². The van der Waals surface area contributed by atoms with Gasteiger partial charge in [0, 0.05) is 32.7 Å². The van der Waals surface area contributed by atoms with E-state index in [0.29, 0.717) is 5.56 Å². The first kappa shape index (κ1) is 25.1. The maximum atomic E-state index is 10.0. The molecular weight excluding hydrogens is 522 g/mol. The van der Waals surface area contributed by atoms with E-state index in [-0.39, 0.29) is 0 Å². The van der Waals surface area contributed by atoms with Crippen LogP contribution in [-0.4, -0.2) is 9.13 Å². The average molecular weight is 552 g/mol. The molecule has 0 amide bonds. The number of hydrogen-bond donors (Lipinski definition) is 0. The first-order valence-corrected chi connectivity index (χ1v) is 14.7. The molecule has 2 aromatic heterocycles. The summed E-state index contributed by atoms with van der Waals surface area (Å²) in [6.45, 7) is 6.44. The third-order valence-corrected chi connectivity index (χ3v) is 8.71. The fourth-order valence-corrected chi connectivity index (χ4v) is 6.76. The van der Waals surface area contributed by atoms with Gasteiger partial charge in [-0.25, -0.2) is 0 Å². The molecule has 6 aromatic carbocycles. The van der Waals surface area contributed by atoms with Gasteiger partial charge in [-0.1, -0.05) is 71.8 Å². The standard InChI is InChI=1S/C40H29N3/c1-25-13-17-37-32(20-25)29-8-4-6-10-35(29)42(37)39-19-15-28(24-41)23-34(39)31-16-12-27(3)22-40(31)43-36-11-7-5-9-30(36)33-21-26(2)14-18-38(33)43/h4-23H,1-3H3. The Morgan fingerprint density at radius 1 is 0.442 bits per heavy atom. The summed E-state index contributed by atoms with van der Waals surface area (Å²) in [6.07, 6.45) is 0. The number of nitrogens with zero attached hydrogens (tertiary/aromatic N) is 3. The summed E-state index contributed by atoms with van der Waals surface area (Å²) in [6, 6.07) is 45.8. The van der Waals surface area contributed by atoms with Crippen molar-refractivity contribution in [2.45, 2.75) is 20.8 Å². The van der Waals surface area contributed by atoms with Crippen molar-refractivity contribution in [2.75, 3.05) is 0 Å². The van der Waals surface area contributed by atoms with Gasteiger partial charge in [0.05, 0.1) is 45.1 Å². The third kappa shape index (κ3) is 3.81. The molecule has 0 radical (unpaired) electrons. The fraction of sp³-hybridized carbons (Fsp3) is 0.0750. The summed E-state index contributed by atoms with van der Waals surface area (Å²) < 4.78 is 4.75. The van der Waals surface area contributed by atoms with Crippen molar-refractivity contribution in [3.05, 3.63) is 144 Å². The van der Waals surface area contributed by atoms with Gasteiger partial charge in [0.2, 0.25) is 0 Å². The Hall–Kier alpha value is -5.59. The molecule has 3 heteroatoms. The first-order valence-electron chi connectivity index (χ1n) is 14.7. The van der Waals surface area contributed by atoms with Crippen molar-refractivity contribution in [3.63, 3.8) is 0 Å². The van der Waals surface area contributed by atoms with Crippen LogP contribution >= 0.6 is 0 Å². The zero-order valence-corrected chi connectivity index (χ0v) is 24.4. The highest BCUT2D eigenvalue weighted by Gasteiger charge is 2.21. The molecular formula is C40H29N3. The van der Waals surface area contributed by atoms with Crippen LogP contribution in [0.3, 0.4) is 0 Å². The van der Waals surface area contributed by atoms with Crippen molar-refractivity contribution in [3.8, 4) is 28.6 Å². The van der Waals surface area contributed by atoms with Gasteiger partial charge >= 0.3 is 0 Å². The average Bonchev–Trinajstić information content (AvgIpc) is 3.53. The second-order valence-corrected chi connectivity index (χ2v) is 11.6. The second-order valence-electron chi connectivity index (χ2n) is 11.6. The molecule has 8 rings (SSSR count). The molecule has 204 valence electrons. The molecule has 43 heavy (non-hydrogen) atoms. The summed E-state index contributed by atoms with van der Waals surface area (Å²) in [5.74, 6) is 0.